The fourth-order valence-corrected chi connectivity index (χ4v) is 6.00. The van der Waals surface area contributed by atoms with Gasteiger partial charge in [-0.2, -0.15) is 0 Å². The zero-order valence-electron chi connectivity index (χ0n) is 17.8. The van der Waals surface area contributed by atoms with Gasteiger partial charge in [0.25, 0.3) is 0 Å². The molecule has 4 nitrogen and oxygen atoms in total. The zero-order chi connectivity index (χ0) is 22.9. The Hall–Kier alpha value is -3.45. The Morgan fingerprint density at radius 2 is 1.00 bits per heavy atom. The largest absolute Gasteiger partial charge is 0.484 e. The van der Waals surface area contributed by atoms with Gasteiger partial charge < -0.3 is 9.47 Å². The minimum absolute atomic E-state index is 0.434. The van der Waals surface area contributed by atoms with E-state index >= 15 is 0 Å². The van der Waals surface area contributed by atoms with Crippen LogP contribution in [0.5, 0.6) is 11.5 Å². The Kier molecular flexibility index (Phi) is 7.87. The summed E-state index contributed by atoms with van der Waals surface area (Å²) in [5.41, 5.74) is 3.32. The van der Waals surface area contributed by atoms with Crippen molar-refractivity contribution in [3.05, 3.63) is 126 Å². The third kappa shape index (κ3) is 6.29. The molecule has 0 spiro atoms. The quantitative estimate of drug-likeness (QED) is 0.226. The highest BCUT2D eigenvalue weighted by atomic mass is 127. The molecule has 0 heterocycles. The highest BCUT2D eigenvalue weighted by Gasteiger charge is 2.27. The SMILES string of the molecule is O=Cc1ccc(OCc2ccccc2)c([I+]c2cc(C=O)ccc2OCc2ccccc2)c1. The average molecular weight is 549 g/mol. The fourth-order valence-electron chi connectivity index (χ4n) is 3.14. The smallest absolute Gasteiger partial charge is 0.366 e. The molecule has 5 heteroatoms. The van der Waals surface area contributed by atoms with Gasteiger partial charge >= 0.3 is 21.2 Å². The number of hydrogen-bond donors (Lipinski definition) is 0. The predicted molar refractivity (Wildman–Crippen MR) is 123 cm³/mol. The van der Waals surface area contributed by atoms with Crippen molar-refractivity contribution in [2.24, 2.45) is 0 Å². The van der Waals surface area contributed by atoms with E-state index in [1.54, 1.807) is 12.1 Å². The number of benzene rings is 4. The first kappa shape index (κ1) is 22.7. The minimum Gasteiger partial charge on any atom is -0.484 e. The summed E-state index contributed by atoms with van der Waals surface area (Å²) >= 11 is -0.793. The summed E-state index contributed by atoms with van der Waals surface area (Å²) in [7, 11) is 0. The number of rotatable bonds is 10. The highest BCUT2D eigenvalue weighted by Crippen LogP contribution is 2.17. The third-order valence-electron chi connectivity index (χ3n) is 4.86. The second-order valence-electron chi connectivity index (χ2n) is 7.26. The number of carbonyl (C=O) groups excluding carboxylic acids is 2. The molecule has 0 radical (unpaired) electrons. The monoisotopic (exact) mass is 549 g/mol. The van der Waals surface area contributed by atoms with E-state index in [1.165, 1.54) is 0 Å². The van der Waals surface area contributed by atoms with Crippen LogP contribution in [0.2, 0.25) is 0 Å². The van der Waals surface area contributed by atoms with Crippen LogP contribution in [0.15, 0.2) is 97.1 Å². The van der Waals surface area contributed by atoms with Crippen molar-refractivity contribution in [1.29, 1.82) is 0 Å². The molecule has 0 unspecified atom stereocenters. The molecule has 4 rings (SSSR count). The number of halogens is 1. The van der Waals surface area contributed by atoms with Gasteiger partial charge in [-0.05, 0) is 35.4 Å². The van der Waals surface area contributed by atoms with Gasteiger partial charge in [-0.1, -0.05) is 60.7 Å². The maximum atomic E-state index is 11.4. The molecule has 0 N–H and O–H groups in total. The van der Waals surface area contributed by atoms with E-state index in [2.05, 4.69) is 0 Å². The zero-order valence-corrected chi connectivity index (χ0v) is 20.0. The van der Waals surface area contributed by atoms with Crippen molar-refractivity contribution < 1.29 is 40.3 Å². The molecule has 0 saturated carbocycles. The fraction of sp³-hybridized carbons (Fsp3) is 0.0714. The Balaban J connectivity index is 1.61. The molecule has 0 amide bonds. The molecule has 0 aliphatic rings. The second kappa shape index (κ2) is 11.4. The van der Waals surface area contributed by atoms with Crippen molar-refractivity contribution in [2.75, 3.05) is 0 Å². The molecule has 0 atom stereocenters. The first-order valence-corrected chi connectivity index (χ1v) is 12.6. The number of carbonyl (C=O) groups is 2. The average Bonchev–Trinajstić information content (AvgIpc) is 2.88. The summed E-state index contributed by atoms with van der Waals surface area (Å²) in [4.78, 5) is 22.9. The van der Waals surface area contributed by atoms with E-state index in [9.17, 15) is 9.59 Å². The normalized spacial score (nSPS) is 10.4. The van der Waals surface area contributed by atoms with Crippen molar-refractivity contribution >= 4 is 12.6 Å². The van der Waals surface area contributed by atoms with Crippen LogP contribution in [0.4, 0.5) is 0 Å². The van der Waals surface area contributed by atoms with Crippen LogP contribution in [0.25, 0.3) is 0 Å². The summed E-state index contributed by atoms with van der Waals surface area (Å²) in [6.45, 7) is 0.869. The van der Waals surface area contributed by atoms with Crippen LogP contribution in [0, 0.1) is 7.14 Å². The van der Waals surface area contributed by atoms with Crippen molar-refractivity contribution in [1.82, 2.24) is 0 Å². The topological polar surface area (TPSA) is 52.6 Å². The number of ether oxygens (including phenoxy) is 2. The van der Waals surface area contributed by atoms with Gasteiger partial charge in [0, 0.05) is 23.3 Å². The maximum Gasteiger partial charge on any atom is 0.366 e. The Bertz CT molecular complexity index is 1130. The van der Waals surface area contributed by atoms with Crippen LogP contribution < -0.4 is 30.7 Å². The first-order valence-electron chi connectivity index (χ1n) is 10.4. The standard InChI is InChI=1S/C28H22IO4/c30-17-23-11-13-27(32-19-21-7-3-1-4-8-21)25(15-23)29-26-16-24(18-31)12-14-28(26)33-20-22-9-5-2-6-10-22/h1-18H,19-20H2/q+1. The molecule has 0 fully saturated rings. The van der Waals surface area contributed by atoms with Crippen LogP contribution in [0.1, 0.15) is 31.8 Å². The molecular formula is C28H22IO4+. The summed E-state index contributed by atoms with van der Waals surface area (Å²) in [6, 6.07) is 30.8. The lowest BCUT2D eigenvalue weighted by molar-refractivity contribution is -0.599. The van der Waals surface area contributed by atoms with E-state index in [0.717, 1.165) is 42.3 Å². The van der Waals surface area contributed by atoms with Crippen molar-refractivity contribution in [2.45, 2.75) is 13.2 Å². The summed E-state index contributed by atoms with van der Waals surface area (Å²) < 4.78 is 14.2. The third-order valence-corrected chi connectivity index (χ3v) is 7.71. The van der Waals surface area contributed by atoms with E-state index in [4.69, 9.17) is 9.47 Å². The van der Waals surface area contributed by atoms with Gasteiger partial charge in [0.15, 0.2) is 11.5 Å². The molecule has 33 heavy (non-hydrogen) atoms. The molecule has 4 aromatic rings. The van der Waals surface area contributed by atoms with Crippen molar-refractivity contribution in [3.63, 3.8) is 0 Å². The predicted octanol–water partition coefficient (Wildman–Crippen LogP) is 2.60. The maximum absolute atomic E-state index is 11.4. The molecular weight excluding hydrogens is 527 g/mol. The number of hydrogen-bond acceptors (Lipinski definition) is 4. The van der Waals surface area contributed by atoms with E-state index < -0.39 is 21.2 Å². The molecule has 0 aliphatic heterocycles. The van der Waals surface area contributed by atoms with E-state index in [-0.39, 0.29) is 0 Å². The first-order chi connectivity index (χ1) is 16.2. The molecule has 0 saturated heterocycles. The van der Waals surface area contributed by atoms with Crippen LogP contribution in [0.3, 0.4) is 0 Å². The number of aldehydes is 2. The Labute approximate surface area is 203 Å². The lowest BCUT2D eigenvalue weighted by Gasteiger charge is -2.09. The molecule has 4 aromatic carbocycles. The minimum atomic E-state index is -0.793. The second-order valence-corrected chi connectivity index (χ2v) is 10.1. The summed E-state index contributed by atoms with van der Waals surface area (Å²) in [5.74, 6) is 1.48. The molecule has 0 bridgehead atoms. The van der Waals surface area contributed by atoms with Gasteiger partial charge in [-0.15, -0.1) is 0 Å². The Morgan fingerprint density at radius 3 is 1.39 bits per heavy atom. The van der Waals surface area contributed by atoms with Gasteiger partial charge in [0.05, 0.1) is 0 Å². The van der Waals surface area contributed by atoms with Gasteiger partial charge in [0.1, 0.15) is 25.8 Å². The molecule has 164 valence electrons. The summed E-state index contributed by atoms with van der Waals surface area (Å²) in [6.07, 6.45) is 1.67. The highest BCUT2D eigenvalue weighted by molar-refractivity contribution is 5.75. The van der Waals surface area contributed by atoms with Crippen LogP contribution in [-0.2, 0) is 13.2 Å². The van der Waals surface area contributed by atoms with Crippen molar-refractivity contribution in [3.8, 4) is 11.5 Å². The van der Waals surface area contributed by atoms with Crippen LogP contribution in [-0.4, -0.2) is 12.6 Å². The van der Waals surface area contributed by atoms with Gasteiger partial charge in [-0.3, -0.25) is 9.59 Å². The lowest BCUT2D eigenvalue weighted by Crippen LogP contribution is -3.61. The lowest BCUT2D eigenvalue weighted by atomic mass is 10.2. The molecule has 0 aromatic heterocycles. The van der Waals surface area contributed by atoms with E-state index in [0.29, 0.717) is 24.3 Å². The van der Waals surface area contributed by atoms with Gasteiger partial charge in [0.2, 0.25) is 7.14 Å². The molecule has 0 aliphatic carbocycles. The van der Waals surface area contributed by atoms with E-state index in [1.807, 2.05) is 84.9 Å². The summed E-state index contributed by atoms with van der Waals surface area (Å²) in [5, 5.41) is 0. The van der Waals surface area contributed by atoms with Gasteiger partial charge in [-0.25, -0.2) is 0 Å². The Morgan fingerprint density at radius 1 is 0.576 bits per heavy atom. The van der Waals surface area contributed by atoms with Crippen LogP contribution >= 0.6 is 0 Å².